The largest absolute Gasteiger partial charge is 0.385 e. The first kappa shape index (κ1) is 25.8. The Morgan fingerprint density at radius 3 is 2.42 bits per heavy atom. The van der Waals surface area contributed by atoms with Gasteiger partial charge in [-0.2, -0.15) is 0 Å². The van der Waals surface area contributed by atoms with E-state index in [4.69, 9.17) is 4.74 Å². The van der Waals surface area contributed by atoms with E-state index in [0.29, 0.717) is 18.5 Å². The molecule has 0 amide bonds. The highest BCUT2D eigenvalue weighted by Gasteiger charge is 2.24. The number of ether oxygens (including phenoxy) is 1. The van der Waals surface area contributed by atoms with Gasteiger partial charge in [0.15, 0.2) is 5.96 Å². The monoisotopic (exact) mass is 505 g/mol. The number of aliphatic imine (C=N–C) groups is 1. The third-order valence-electron chi connectivity index (χ3n) is 4.13. The fraction of sp³-hybridized carbons (Fsp3) is 0.938. The van der Waals surface area contributed by atoms with Crippen molar-refractivity contribution in [3.63, 3.8) is 0 Å². The van der Waals surface area contributed by atoms with Crippen LogP contribution in [0.3, 0.4) is 0 Å². The summed E-state index contributed by atoms with van der Waals surface area (Å²) in [6, 6.07) is 0.385. The summed E-state index contributed by atoms with van der Waals surface area (Å²) >= 11 is 0. The predicted octanol–water partition coefficient (Wildman–Crippen LogP) is 0.598. The SMILES string of the molecule is CN=C(NCC(C)(C)NS(C)(=O)=O)NC1CCN(CCCOC)CC1.I. The van der Waals surface area contributed by atoms with Crippen molar-refractivity contribution >= 4 is 40.0 Å². The molecule has 156 valence electrons. The molecule has 26 heavy (non-hydrogen) atoms. The normalized spacial score (nSPS) is 17.7. The summed E-state index contributed by atoms with van der Waals surface area (Å²) in [5, 5.41) is 6.65. The molecule has 0 saturated carbocycles. The van der Waals surface area contributed by atoms with Gasteiger partial charge in [0.25, 0.3) is 0 Å². The van der Waals surface area contributed by atoms with Crippen molar-refractivity contribution in [2.24, 2.45) is 4.99 Å². The number of guanidine groups is 1. The van der Waals surface area contributed by atoms with Crippen LogP contribution in [0.15, 0.2) is 4.99 Å². The van der Waals surface area contributed by atoms with Gasteiger partial charge in [-0.3, -0.25) is 4.99 Å². The zero-order valence-corrected chi connectivity index (χ0v) is 19.8. The average molecular weight is 505 g/mol. The molecule has 1 heterocycles. The van der Waals surface area contributed by atoms with Crippen molar-refractivity contribution in [3.8, 4) is 0 Å². The number of sulfonamides is 1. The highest BCUT2D eigenvalue weighted by atomic mass is 127. The first-order chi connectivity index (χ1) is 11.6. The maximum Gasteiger partial charge on any atom is 0.209 e. The molecule has 3 N–H and O–H groups in total. The number of nitrogens with one attached hydrogen (secondary N) is 3. The summed E-state index contributed by atoms with van der Waals surface area (Å²) in [7, 11) is 0.222. The van der Waals surface area contributed by atoms with Crippen molar-refractivity contribution in [1.29, 1.82) is 0 Å². The first-order valence-electron chi connectivity index (χ1n) is 8.82. The minimum Gasteiger partial charge on any atom is -0.385 e. The Balaban J connectivity index is 0.00000625. The lowest BCUT2D eigenvalue weighted by Crippen LogP contribution is -2.55. The highest BCUT2D eigenvalue weighted by Crippen LogP contribution is 2.10. The Hall–Kier alpha value is -0.170. The van der Waals surface area contributed by atoms with Gasteiger partial charge >= 0.3 is 0 Å². The Morgan fingerprint density at radius 1 is 1.31 bits per heavy atom. The summed E-state index contributed by atoms with van der Waals surface area (Å²) in [6.07, 6.45) is 4.37. The van der Waals surface area contributed by atoms with Crippen LogP contribution >= 0.6 is 24.0 Å². The molecular weight excluding hydrogens is 469 g/mol. The third kappa shape index (κ3) is 11.5. The van der Waals surface area contributed by atoms with E-state index in [1.165, 1.54) is 6.26 Å². The van der Waals surface area contributed by atoms with Crippen LogP contribution in [0.5, 0.6) is 0 Å². The number of hydrogen-bond acceptors (Lipinski definition) is 5. The third-order valence-corrected chi connectivity index (χ3v) is 5.06. The maximum absolute atomic E-state index is 11.4. The summed E-state index contributed by atoms with van der Waals surface area (Å²) < 4.78 is 30.5. The molecule has 0 aliphatic carbocycles. The topological polar surface area (TPSA) is 95.1 Å². The Bertz CT molecular complexity index is 520. The van der Waals surface area contributed by atoms with Crippen LogP contribution in [-0.2, 0) is 14.8 Å². The minimum absolute atomic E-state index is 0. The second kappa shape index (κ2) is 12.3. The van der Waals surface area contributed by atoms with Crippen LogP contribution in [0.1, 0.15) is 33.1 Å². The Kier molecular flexibility index (Phi) is 12.2. The highest BCUT2D eigenvalue weighted by molar-refractivity contribution is 14.0. The molecule has 0 aromatic carbocycles. The number of halogens is 1. The molecule has 1 fully saturated rings. The van der Waals surface area contributed by atoms with Crippen LogP contribution in [0.2, 0.25) is 0 Å². The Morgan fingerprint density at radius 2 is 1.92 bits per heavy atom. The fourth-order valence-electron chi connectivity index (χ4n) is 2.96. The molecule has 1 saturated heterocycles. The van der Waals surface area contributed by atoms with Crippen molar-refractivity contribution in [2.45, 2.75) is 44.7 Å². The minimum atomic E-state index is -3.24. The van der Waals surface area contributed by atoms with Crippen LogP contribution < -0.4 is 15.4 Å². The van der Waals surface area contributed by atoms with Gasteiger partial charge in [-0.05, 0) is 33.1 Å². The molecule has 0 aromatic rings. The zero-order valence-electron chi connectivity index (χ0n) is 16.7. The standard InChI is InChI=1S/C16H35N5O3S.HI/c1-16(2,20-25(5,22)23)13-18-15(17-3)19-14-7-10-21(11-8-14)9-6-12-24-4;/h14,20H,6-13H2,1-5H3,(H2,17,18,19);1H. The second-order valence-electron chi connectivity index (χ2n) is 7.29. The lowest BCUT2D eigenvalue weighted by Gasteiger charge is -2.33. The van der Waals surface area contributed by atoms with Gasteiger partial charge in [0.2, 0.25) is 10.0 Å². The van der Waals surface area contributed by atoms with Crippen molar-refractivity contribution < 1.29 is 13.2 Å². The van der Waals surface area contributed by atoms with Gasteiger partial charge in [-0.25, -0.2) is 13.1 Å². The molecule has 8 nitrogen and oxygen atoms in total. The van der Waals surface area contributed by atoms with E-state index < -0.39 is 15.6 Å². The number of nitrogens with zero attached hydrogens (tertiary/aromatic N) is 2. The summed E-state index contributed by atoms with van der Waals surface area (Å²) in [5.41, 5.74) is -0.587. The fourth-order valence-corrected chi connectivity index (χ4v) is 4.04. The molecule has 0 bridgehead atoms. The van der Waals surface area contributed by atoms with Gasteiger partial charge in [-0.1, -0.05) is 0 Å². The summed E-state index contributed by atoms with van der Waals surface area (Å²) in [5.74, 6) is 0.709. The van der Waals surface area contributed by atoms with Crippen LogP contribution in [-0.4, -0.2) is 84.1 Å². The first-order valence-corrected chi connectivity index (χ1v) is 10.7. The molecule has 0 aromatic heterocycles. The van der Waals surface area contributed by atoms with Crippen LogP contribution in [0.4, 0.5) is 0 Å². The summed E-state index contributed by atoms with van der Waals surface area (Å²) in [4.78, 5) is 6.71. The van der Waals surface area contributed by atoms with Gasteiger partial charge in [0.1, 0.15) is 0 Å². The van der Waals surface area contributed by atoms with E-state index in [2.05, 4.69) is 25.2 Å². The van der Waals surface area contributed by atoms with Crippen LogP contribution in [0, 0.1) is 0 Å². The van der Waals surface area contributed by atoms with Gasteiger partial charge in [-0.15, -0.1) is 24.0 Å². The lowest BCUT2D eigenvalue weighted by atomic mass is 10.0. The van der Waals surface area contributed by atoms with Gasteiger partial charge in [0, 0.05) is 58.5 Å². The zero-order chi connectivity index (χ0) is 18.9. The molecule has 1 aliphatic rings. The van der Waals surface area contributed by atoms with E-state index in [1.807, 2.05) is 13.8 Å². The van der Waals surface area contributed by atoms with Gasteiger partial charge in [0.05, 0.1) is 6.26 Å². The molecule has 0 radical (unpaired) electrons. The average Bonchev–Trinajstić information content (AvgIpc) is 2.51. The molecule has 10 heteroatoms. The van der Waals surface area contributed by atoms with E-state index in [9.17, 15) is 8.42 Å². The number of hydrogen-bond donors (Lipinski definition) is 3. The van der Waals surface area contributed by atoms with E-state index >= 15 is 0 Å². The lowest BCUT2D eigenvalue weighted by molar-refractivity contribution is 0.155. The van der Waals surface area contributed by atoms with Crippen molar-refractivity contribution in [1.82, 2.24) is 20.3 Å². The number of piperidine rings is 1. The van der Waals surface area contributed by atoms with E-state index in [-0.39, 0.29) is 24.0 Å². The second-order valence-corrected chi connectivity index (χ2v) is 9.04. The number of methoxy groups -OCH3 is 1. The molecular formula is C16H36IN5O3S. The predicted molar refractivity (Wildman–Crippen MR) is 118 cm³/mol. The Labute approximate surface area is 176 Å². The van der Waals surface area contributed by atoms with Crippen molar-refractivity contribution in [2.75, 3.05) is 53.2 Å². The molecule has 0 atom stereocenters. The number of rotatable bonds is 9. The maximum atomic E-state index is 11.4. The number of likely N-dealkylation sites (tertiary alicyclic amines) is 1. The van der Waals surface area contributed by atoms with Crippen molar-refractivity contribution in [3.05, 3.63) is 0 Å². The quantitative estimate of drug-likeness (QED) is 0.184. The molecule has 0 spiro atoms. The van der Waals surface area contributed by atoms with E-state index in [0.717, 1.165) is 45.5 Å². The molecule has 1 aliphatic heterocycles. The molecule has 1 rings (SSSR count). The van der Waals surface area contributed by atoms with Crippen LogP contribution in [0.25, 0.3) is 0 Å². The van der Waals surface area contributed by atoms with Gasteiger partial charge < -0.3 is 20.3 Å². The van der Waals surface area contributed by atoms with E-state index in [1.54, 1.807) is 14.2 Å². The summed E-state index contributed by atoms with van der Waals surface area (Å²) in [6.45, 7) is 8.17. The smallest absolute Gasteiger partial charge is 0.209 e. The molecule has 0 unspecified atom stereocenters.